The highest BCUT2D eigenvalue weighted by Crippen LogP contribution is 2.38. The van der Waals surface area contributed by atoms with Gasteiger partial charge in [-0.2, -0.15) is 0 Å². The number of hydrogen-bond acceptors (Lipinski definition) is 2. The average Bonchev–Trinajstić information content (AvgIpc) is 2.98. The number of carbonyl (C=O) groups is 1. The summed E-state index contributed by atoms with van der Waals surface area (Å²) in [5, 5.41) is 2.06. The SMILES string of the molecule is CC(=O)c1c(Oc2ccc(I)cc2)c2cc(Cl)ccc2n1Cc1ccc(Cl)cc1. The third kappa shape index (κ3) is 4.29. The average molecular weight is 536 g/mol. The Morgan fingerprint density at radius 2 is 1.62 bits per heavy atom. The van der Waals surface area contributed by atoms with E-state index in [1.54, 1.807) is 6.92 Å². The normalized spacial score (nSPS) is 11.0. The van der Waals surface area contributed by atoms with Gasteiger partial charge in [0.1, 0.15) is 11.4 Å². The quantitative estimate of drug-likeness (QED) is 0.194. The smallest absolute Gasteiger partial charge is 0.180 e. The van der Waals surface area contributed by atoms with Crippen molar-refractivity contribution in [2.75, 3.05) is 0 Å². The van der Waals surface area contributed by atoms with E-state index in [0.29, 0.717) is 33.8 Å². The Hall–Kier alpha value is -2.02. The lowest BCUT2D eigenvalue weighted by molar-refractivity contribution is 0.100. The van der Waals surface area contributed by atoms with Crippen LogP contribution in [0.15, 0.2) is 66.7 Å². The standard InChI is InChI=1S/C23H16Cl2INO2/c1-14(28)22-23(29-19-9-7-18(26)8-10-19)20-12-17(25)6-11-21(20)27(22)13-15-2-4-16(24)5-3-15/h2-12H,13H2,1H3. The van der Waals surface area contributed by atoms with E-state index in [9.17, 15) is 4.79 Å². The van der Waals surface area contributed by atoms with E-state index in [0.717, 1.165) is 20.0 Å². The van der Waals surface area contributed by atoms with Gasteiger partial charge in [0, 0.05) is 32.5 Å². The molecule has 0 amide bonds. The molecule has 0 N–H and O–H groups in total. The molecule has 0 aliphatic rings. The van der Waals surface area contributed by atoms with Gasteiger partial charge in [0.05, 0.1) is 5.52 Å². The minimum atomic E-state index is -0.0770. The molecule has 0 spiro atoms. The van der Waals surface area contributed by atoms with E-state index in [1.165, 1.54) is 0 Å². The maximum Gasteiger partial charge on any atom is 0.180 e. The second-order valence-electron chi connectivity index (χ2n) is 6.66. The molecule has 0 radical (unpaired) electrons. The third-order valence-corrected chi connectivity index (χ3v) is 5.81. The van der Waals surface area contributed by atoms with Gasteiger partial charge in [-0.05, 0) is 82.8 Å². The molecule has 0 aliphatic heterocycles. The fourth-order valence-electron chi connectivity index (χ4n) is 3.31. The van der Waals surface area contributed by atoms with E-state index in [4.69, 9.17) is 27.9 Å². The Morgan fingerprint density at radius 3 is 2.28 bits per heavy atom. The van der Waals surface area contributed by atoms with Crippen molar-refractivity contribution in [3.63, 3.8) is 0 Å². The highest BCUT2D eigenvalue weighted by Gasteiger charge is 2.23. The molecule has 146 valence electrons. The fourth-order valence-corrected chi connectivity index (χ4v) is 3.96. The number of rotatable bonds is 5. The van der Waals surface area contributed by atoms with E-state index in [2.05, 4.69) is 22.6 Å². The number of aromatic nitrogens is 1. The van der Waals surface area contributed by atoms with Crippen LogP contribution in [-0.4, -0.2) is 10.4 Å². The van der Waals surface area contributed by atoms with Crippen molar-refractivity contribution < 1.29 is 9.53 Å². The number of nitrogens with zero attached hydrogens (tertiary/aromatic N) is 1. The number of halogens is 3. The summed E-state index contributed by atoms with van der Waals surface area (Å²) >= 11 is 14.5. The molecule has 0 saturated carbocycles. The van der Waals surface area contributed by atoms with Crippen molar-refractivity contribution in [1.29, 1.82) is 0 Å². The first-order chi connectivity index (χ1) is 13.9. The molecule has 0 unspecified atom stereocenters. The summed E-state index contributed by atoms with van der Waals surface area (Å²) in [6, 6.07) is 20.9. The second-order valence-corrected chi connectivity index (χ2v) is 8.78. The van der Waals surface area contributed by atoms with Crippen molar-refractivity contribution in [2.24, 2.45) is 0 Å². The van der Waals surface area contributed by atoms with Gasteiger partial charge in [0.2, 0.25) is 0 Å². The summed E-state index contributed by atoms with van der Waals surface area (Å²) in [7, 11) is 0. The lowest BCUT2D eigenvalue weighted by Crippen LogP contribution is -2.08. The minimum Gasteiger partial charge on any atom is -0.454 e. The number of ether oxygens (including phenoxy) is 1. The summed E-state index contributed by atoms with van der Waals surface area (Å²) in [6.07, 6.45) is 0. The van der Waals surface area contributed by atoms with E-state index in [1.807, 2.05) is 71.3 Å². The maximum atomic E-state index is 12.7. The second kappa shape index (κ2) is 8.38. The van der Waals surface area contributed by atoms with Crippen LogP contribution in [0.5, 0.6) is 11.5 Å². The predicted molar refractivity (Wildman–Crippen MR) is 127 cm³/mol. The molecule has 0 aliphatic carbocycles. The molecule has 1 heterocycles. The van der Waals surface area contributed by atoms with Crippen LogP contribution in [0.1, 0.15) is 23.0 Å². The first-order valence-corrected chi connectivity index (χ1v) is 10.8. The topological polar surface area (TPSA) is 31.2 Å². The van der Waals surface area contributed by atoms with Gasteiger partial charge in [0.25, 0.3) is 0 Å². The van der Waals surface area contributed by atoms with Crippen LogP contribution in [0.4, 0.5) is 0 Å². The molecule has 29 heavy (non-hydrogen) atoms. The van der Waals surface area contributed by atoms with Gasteiger partial charge >= 0.3 is 0 Å². The van der Waals surface area contributed by atoms with Crippen LogP contribution in [0.25, 0.3) is 10.9 Å². The molecule has 4 rings (SSSR count). The van der Waals surface area contributed by atoms with Crippen LogP contribution in [0, 0.1) is 3.57 Å². The van der Waals surface area contributed by atoms with Gasteiger partial charge in [-0.15, -0.1) is 0 Å². The number of fused-ring (bicyclic) bond motifs is 1. The Labute approximate surface area is 192 Å². The Balaban J connectivity index is 1.90. The summed E-state index contributed by atoms with van der Waals surface area (Å²) in [5.74, 6) is 1.11. The lowest BCUT2D eigenvalue weighted by Gasteiger charge is -2.11. The first kappa shape index (κ1) is 20.3. The van der Waals surface area contributed by atoms with Crippen LogP contribution in [-0.2, 0) is 6.54 Å². The van der Waals surface area contributed by atoms with Gasteiger partial charge in [0.15, 0.2) is 11.5 Å². The molecule has 4 aromatic rings. The van der Waals surface area contributed by atoms with Gasteiger partial charge in [-0.1, -0.05) is 35.3 Å². The predicted octanol–water partition coefficient (Wildman–Crippen LogP) is 7.60. The molecule has 1 aromatic heterocycles. The van der Waals surface area contributed by atoms with Crippen LogP contribution >= 0.6 is 45.8 Å². The molecule has 0 atom stereocenters. The first-order valence-electron chi connectivity index (χ1n) is 8.93. The third-order valence-electron chi connectivity index (χ3n) is 4.60. The molecule has 3 nitrogen and oxygen atoms in total. The Kier molecular flexibility index (Phi) is 5.86. The number of carbonyl (C=O) groups excluding carboxylic acids is 1. The van der Waals surface area contributed by atoms with Crippen LogP contribution in [0.3, 0.4) is 0 Å². The van der Waals surface area contributed by atoms with Crippen LogP contribution in [0.2, 0.25) is 10.0 Å². The highest BCUT2D eigenvalue weighted by atomic mass is 127. The molecule has 0 saturated heterocycles. The summed E-state index contributed by atoms with van der Waals surface area (Å²) < 4.78 is 9.28. The molecule has 0 fully saturated rings. The molecule has 3 aromatic carbocycles. The van der Waals surface area contributed by atoms with Gasteiger partial charge in [-0.25, -0.2) is 0 Å². The maximum absolute atomic E-state index is 12.7. The van der Waals surface area contributed by atoms with E-state index < -0.39 is 0 Å². The molecular weight excluding hydrogens is 520 g/mol. The Bertz CT molecular complexity index is 1200. The molecular formula is C23H16Cl2INO2. The Morgan fingerprint density at radius 1 is 0.966 bits per heavy atom. The summed E-state index contributed by atoms with van der Waals surface area (Å²) in [5.41, 5.74) is 2.43. The number of hydrogen-bond donors (Lipinski definition) is 0. The number of ketones is 1. The fraction of sp³-hybridized carbons (Fsp3) is 0.0870. The van der Waals surface area contributed by atoms with Crippen molar-refractivity contribution in [2.45, 2.75) is 13.5 Å². The largest absolute Gasteiger partial charge is 0.454 e. The van der Waals surface area contributed by atoms with Crippen LogP contribution < -0.4 is 4.74 Å². The lowest BCUT2D eigenvalue weighted by atomic mass is 10.2. The van der Waals surface area contributed by atoms with Crippen molar-refractivity contribution in [1.82, 2.24) is 4.57 Å². The zero-order valence-corrected chi connectivity index (χ0v) is 19.1. The number of Topliss-reactive ketones (excluding diaryl/α,β-unsaturated/α-hetero) is 1. The minimum absolute atomic E-state index is 0.0770. The molecule has 6 heteroatoms. The summed E-state index contributed by atoms with van der Waals surface area (Å²) in [6.45, 7) is 2.06. The number of benzene rings is 3. The zero-order chi connectivity index (χ0) is 20.5. The van der Waals surface area contributed by atoms with E-state index in [-0.39, 0.29) is 5.78 Å². The monoisotopic (exact) mass is 535 g/mol. The summed E-state index contributed by atoms with van der Waals surface area (Å²) in [4.78, 5) is 12.7. The van der Waals surface area contributed by atoms with Gasteiger partial charge in [-0.3, -0.25) is 4.79 Å². The van der Waals surface area contributed by atoms with Crippen molar-refractivity contribution in [3.05, 3.63) is 91.6 Å². The zero-order valence-electron chi connectivity index (χ0n) is 15.5. The highest BCUT2D eigenvalue weighted by molar-refractivity contribution is 14.1. The van der Waals surface area contributed by atoms with Crippen molar-refractivity contribution >= 4 is 62.5 Å². The van der Waals surface area contributed by atoms with Crippen molar-refractivity contribution in [3.8, 4) is 11.5 Å². The molecule has 0 bridgehead atoms. The van der Waals surface area contributed by atoms with Gasteiger partial charge < -0.3 is 9.30 Å². The van der Waals surface area contributed by atoms with E-state index >= 15 is 0 Å².